The number of nitrogens with zero attached hydrogens (tertiary/aromatic N) is 6. The number of hydrogen-bond acceptors (Lipinski definition) is 8. The molecule has 11 heteroatoms. The molecule has 1 aliphatic heterocycles. The molecule has 1 aromatic carbocycles. The highest BCUT2D eigenvalue weighted by Crippen LogP contribution is 2.35. The number of methoxy groups -OCH3 is 1. The topological polar surface area (TPSA) is 135 Å². The highest BCUT2D eigenvalue weighted by Gasteiger charge is 2.25. The minimum atomic E-state index is -0.383. The molecule has 0 bridgehead atoms. The van der Waals surface area contributed by atoms with E-state index in [1.165, 1.54) is 19.2 Å². The number of halogens is 1. The van der Waals surface area contributed by atoms with Crippen LogP contribution in [0.2, 0.25) is 0 Å². The van der Waals surface area contributed by atoms with E-state index < -0.39 is 0 Å². The highest BCUT2D eigenvalue weighted by molar-refractivity contribution is 6.00. The van der Waals surface area contributed by atoms with Gasteiger partial charge < -0.3 is 20.4 Å². The molecule has 0 radical (unpaired) electrons. The van der Waals surface area contributed by atoms with Crippen molar-refractivity contribution in [3.63, 3.8) is 0 Å². The van der Waals surface area contributed by atoms with E-state index in [1.807, 2.05) is 18.2 Å². The minimum Gasteiger partial charge on any atom is -0.497 e. The Morgan fingerprint density at radius 2 is 1.84 bits per heavy atom. The number of nitrogens with one attached hydrogen (secondary N) is 2. The van der Waals surface area contributed by atoms with Gasteiger partial charge in [0.2, 0.25) is 0 Å². The fourth-order valence-electron chi connectivity index (χ4n) is 4.81. The standard InChI is InChI=1S/C27H22FN9O/c1-38-17-5-14(4-15(28)6-17)19-8-30-9-23-18(19)7-22(32-23)27-26-21(35-36-27)3-2-20(34-26)24-10-31-11-25(33-24)37-12-16(29)13-37/h2-11,16,32H,12-13,29H2,1H3,(H,35,36). The smallest absolute Gasteiger partial charge is 0.147 e. The van der Waals surface area contributed by atoms with Gasteiger partial charge in [-0.3, -0.25) is 15.1 Å². The summed E-state index contributed by atoms with van der Waals surface area (Å²) in [6, 6.07) is 10.6. The summed E-state index contributed by atoms with van der Waals surface area (Å²) in [7, 11) is 1.51. The molecule has 1 aliphatic rings. The zero-order valence-corrected chi connectivity index (χ0v) is 20.3. The summed E-state index contributed by atoms with van der Waals surface area (Å²) in [4.78, 5) is 23.8. The van der Waals surface area contributed by atoms with Crippen LogP contribution in [0.4, 0.5) is 10.2 Å². The van der Waals surface area contributed by atoms with Gasteiger partial charge in [0.15, 0.2) is 0 Å². The van der Waals surface area contributed by atoms with E-state index in [0.717, 1.165) is 46.6 Å². The number of aromatic nitrogens is 7. The molecule has 1 saturated heterocycles. The Morgan fingerprint density at radius 3 is 2.68 bits per heavy atom. The Kier molecular flexibility index (Phi) is 5.05. The van der Waals surface area contributed by atoms with Gasteiger partial charge in [-0.2, -0.15) is 5.10 Å². The van der Waals surface area contributed by atoms with Crippen molar-refractivity contribution in [1.82, 2.24) is 35.1 Å². The molecule has 0 amide bonds. The molecule has 0 aliphatic carbocycles. The Hall–Kier alpha value is -4.90. The van der Waals surface area contributed by atoms with Crippen LogP contribution in [0.15, 0.2) is 61.2 Å². The van der Waals surface area contributed by atoms with Crippen LogP contribution in [0.1, 0.15) is 0 Å². The van der Waals surface area contributed by atoms with Crippen LogP contribution in [-0.4, -0.2) is 61.4 Å². The van der Waals surface area contributed by atoms with E-state index in [9.17, 15) is 4.39 Å². The Morgan fingerprint density at radius 1 is 0.974 bits per heavy atom. The maximum Gasteiger partial charge on any atom is 0.147 e. The third kappa shape index (κ3) is 3.71. The summed E-state index contributed by atoms with van der Waals surface area (Å²) in [5, 5.41) is 8.47. The number of benzene rings is 1. The van der Waals surface area contributed by atoms with Crippen molar-refractivity contribution in [2.24, 2.45) is 5.73 Å². The second kappa shape index (κ2) is 8.60. The first-order chi connectivity index (χ1) is 18.6. The molecule has 6 aromatic rings. The molecular formula is C27H22FN9O. The van der Waals surface area contributed by atoms with Crippen LogP contribution in [-0.2, 0) is 0 Å². The van der Waals surface area contributed by atoms with Crippen LogP contribution in [0.3, 0.4) is 0 Å². The van der Waals surface area contributed by atoms with Gasteiger partial charge in [-0.25, -0.2) is 14.4 Å². The number of fused-ring (bicyclic) bond motifs is 2. The van der Waals surface area contributed by atoms with Crippen LogP contribution in [0, 0.1) is 5.82 Å². The molecule has 7 rings (SSSR count). The number of rotatable bonds is 5. The van der Waals surface area contributed by atoms with Gasteiger partial charge >= 0.3 is 0 Å². The maximum absolute atomic E-state index is 14.2. The normalized spacial score (nSPS) is 13.8. The van der Waals surface area contributed by atoms with E-state index in [2.05, 4.69) is 30.0 Å². The summed E-state index contributed by atoms with van der Waals surface area (Å²) in [5.41, 5.74) is 12.4. The zero-order valence-electron chi connectivity index (χ0n) is 20.3. The number of nitrogens with two attached hydrogens (primary N) is 1. The summed E-state index contributed by atoms with van der Waals surface area (Å²) in [5.74, 6) is 0.835. The van der Waals surface area contributed by atoms with Crippen molar-refractivity contribution in [3.8, 4) is 39.7 Å². The van der Waals surface area contributed by atoms with E-state index >= 15 is 0 Å². The van der Waals surface area contributed by atoms with Gasteiger partial charge in [0.05, 0.1) is 48.1 Å². The van der Waals surface area contributed by atoms with E-state index in [0.29, 0.717) is 33.9 Å². The number of aromatic amines is 2. The molecule has 0 spiro atoms. The van der Waals surface area contributed by atoms with Gasteiger partial charge in [-0.05, 0) is 35.9 Å². The van der Waals surface area contributed by atoms with Crippen LogP contribution in [0.25, 0.3) is 55.8 Å². The third-order valence-corrected chi connectivity index (χ3v) is 6.74. The number of ether oxygens (including phenoxy) is 1. The molecular weight excluding hydrogens is 485 g/mol. The highest BCUT2D eigenvalue weighted by atomic mass is 19.1. The first-order valence-electron chi connectivity index (χ1n) is 12.1. The third-order valence-electron chi connectivity index (χ3n) is 6.74. The number of H-pyrrole nitrogens is 2. The lowest BCUT2D eigenvalue weighted by Gasteiger charge is -2.37. The second-order valence-electron chi connectivity index (χ2n) is 9.30. The molecule has 1 fully saturated rings. The first kappa shape index (κ1) is 22.3. The molecule has 0 saturated carbocycles. The summed E-state index contributed by atoms with van der Waals surface area (Å²) in [6.45, 7) is 1.52. The predicted molar refractivity (Wildman–Crippen MR) is 142 cm³/mol. The summed E-state index contributed by atoms with van der Waals surface area (Å²) in [6.07, 6.45) is 6.88. The molecule has 5 aromatic heterocycles. The molecule has 38 heavy (non-hydrogen) atoms. The molecule has 188 valence electrons. The lowest BCUT2D eigenvalue weighted by Crippen LogP contribution is -2.56. The number of hydrogen-bond donors (Lipinski definition) is 3. The Labute approximate surface area is 215 Å². The van der Waals surface area contributed by atoms with Gasteiger partial charge in [-0.15, -0.1) is 0 Å². The van der Waals surface area contributed by atoms with Crippen LogP contribution in [0.5, 0.6) is 5.75 Å². The number of anilines is 1. The van der Waals surface area contributed by atoms with Crippen molar-refractivity contribution in [2.45, 2.75) is 6.04 Å². The van der Waals surface area contributed by atoms with Gasteiger partial charge in [-0.1, -0.05) is 0 Å². The van der Waals surface area contributed by atoms with Gasteiger partial charge in [0, 0.05) is 42.3 Å². The summed E-state index contributed by atoms with van der Waals surface area (Å²) >= 11 is 0. The van der Waals surface area contributed by atoms with E-state index in [-0.39, 0.29) is 11.9 Å². The quantitative estimate of drug-likeness (QED) is 0.320. The second-order valence-corrected chi connectivity index (χ2v) is 9.30. The maximum atomic E-state index is 14.2. The van der Waals surface area contributed by atoms with Crippen molar-refractivity contribution < 1.29 is 9.13 Å². The first-order valence-corrected chi connectivity index (χ1v) is 12.1. The Bertz CT molecular complexity index is 1820. The fourth-order valence-corrected chi connectivity index (χ4v) is 4.81. The molecule has 4 N–H and O–H groups in total. The van der Waals surface area contributed by atoms with Gasteiger partial charge in [0.1, 0.15) is 34.3 Å². The predicted octanol–water partition coefficient (Wildman–Crippen LogP) is 3.92. The van der Waals surface area contributed by atoms with Gasteiger partial charge in [0.25, 0.3) is 0 Å². The minimum absolute atomic E-state index is 0.165. The molecule has 6 heterocycles. The SMILES string of the molecule is COc1cc(F)cc(-c2cncc3[nH]c(-c4n[nH]c5ccc(-c6cncc(N7CC(N)C7)n6)nc45)cc23)c1. The van der Waals surface area contributed by atoms with Crippen molar-refractivity contribution >= 4 is 27.8 Å². The zero-order chi connectivity index (χ0) is 25.8. The van der Waals surface area contributed by atoms with E-state index in [1.54, 1.807) is 30.9 Å². The van der Waals surface area contributed by atoms with Crippen molar-refractivity contribution in [1.29, 1.82) is 0 Å². The van der Waals surface area contributed by atoms with Crippen molar-refractivity contribution in [3.05, 3.63) is 67.0 Å². The fraction of sp³-hybridized carbons (Fsp3) is 0.148. The Balaban J connectivity index is 1.30. The lowest BCUT2D eigenvalue weighted by atomic mass is 10.0. The lowest BCUT2D eigenvalue weighted by molar-refractivity contribution is 0.411. The monoisotopic (exact) mass is 507 g/mol. The summed E-state index contributed by atoms with van der Waals surface area (Å²) < 4.78 is 19.5. The average molecular weight is 508 g/mol. The number of pyridine rings is 2. The molecule has 0 atom stereocenters. The molecule has 10 nitrogen and oxygen atoms in total. The van der Waals surface area contributed by atoms with Crippen molar-refractivity contribution in [2.75, 3.05) is 25.1 Å². The van der Waals surface area contributed by atoms with Crippen LogP contribution < -0.4 is 15.4 Å². The largest absolute Gasteiger partial charge is 0.497 e. The average Bonchev–Trinajstić information content (AvgIpc) is 3.54. The van der Waals surface area contributed by atoms with Crippen LogP contribution >= 0.6 is 0 Å². The van der Waals surface area contributed by atoms with E-state index in [4.69, 9.17) is 20.4 Å². The molecule has 0 unspecified atom stereocenters.